The molecule has 2 heterocycles. The van der Waals surface area contributed by atoms with Crippen LogP contribution in [0.25, 0.3) is 0 Å². The molecule has 0 unspecified atom stereocenters. The molecule has 3 aromatic rings. The average Bonchev–Trinajstić information content (AvgIpc) is 3.62. The number of thiazole rings is 1. The van der Waals surface area contributed by atoms with Crippen LogP contribution < -0.4 is 10.6 Å². The van der Waals surface area contributed by atoms with Crippen molar-refractivity contribution in [3.8, 4) is 5.75 Å². The number of aromatic nitrogens is 1. The average molecular weight is 715 g/mol. The Hall–Kier alpha value is -4.05. The number of nitrogens with zero attached hydrogens (tertiary/aromatic N) is 4. The maximum Gasteiger partial charge on any atom is 0.321 e. The lowest BCUT2D eigenvalue weighted by Crippen LogP contribution is -2.57. The van der Waals surface area contributed by atoms with Crippen molar-refractivity contribution in [2.45, 2.75) is 70.7 Å². The molecule has 1 aromatic heterocycles. The van der Waals surface area contributed by atoms with Crippen molar-refractivity contribution in [1.82, 2.24) is 24.4 Å². The molecule has 0 aliphatic carbocycles. The molecule has 0 radical (unpaired) electrons. The number of benzene rings is 2. The lowest BCUT2D eigenvalue weighted by Gasteiger charge is -2.34. The molecule has 15 heteroatoms. The third kappa shape index (κ3) is 9.56. The molecule has 0 saturated carbocycles. The molecule has 4 amide bonds. The van der Waals surface area contributed by atoms with Gasteiger partial charge in [-0.1, -0.05) is 58.0 Å². The number of aromatic hydroxyl groups is 1. The van der Waals surface area contributed by atoms with Gasteiger partial charge in [0.2, 0.25) is 22.3 Å². The largest absolute Gasteiger partial charge is 0.506 e. The highest BCUT2D eigenvalue weighted by Gasteiger charge is 2.40. The Labute approximate surface area is 292 Å². The van der Waals surface area contributed by atoms with E-state index >= 15 is 0 Å². The van der Waals surface area contributed by atoms with Gasteiger partial charge in [0, 0.05) is 31.6 Å². The molecule has 1 aliphatic rings. The summed E-state index contributed by atoms with van der Waals surface area (Å²) in [5.74, 6) is -1.14. The minimum absolute atomic E-state index is 0.0496. The highest BCUT2D eigenvalue weighted by molar-refractivity contribution is 7.89. The monoisotopic (exact) mass is 714 g/mol. The number of amides is 4. The molecular weight excluding hydrogens is 669 g/mol. The number of hydrogen-bond acceptors (Lipinski definition) is 9. The second-order valence-corrected chi connectivity index (χ2v) is 16.0. The maximum atomic E-state index is 14.1. The Balaban J connectivity index is 1.59. The van der Waals surface area contributed by atoms with E-state index in [1.807, 2.05) is 70.3 Å². The summed E-state index contributed by atoms with van der Waals surface area (Å²) in [6.07, 6.45) is -0.824. The number of nitrogens with one attached hydrogen (secondary N) is 2. The summed E-state index contributed by atoms with van der Waals surface area (Å²) in [7, 11) is -4.23. The molecule has 1 fully saturated rings. The Kier molecular flexibility index (Phi) is 12.8. The first-order chi connectivity index (χ1) is 23.2. The fourth-order valence-corrected chi connectivity index (χ4v) is 8.18. The number of aliphatic hydroxyl groups excluding tert-OH is 1. The molecule has 4 rings (SSSR count). The van der Waals surface area contributed by atoms with Crippen molar-refractivity contribution in [1.29, 1.82) is 0 Å². The summed E-state index contributed by atoms with van der Waals surface area (Å²) in [5, 5.41) is 29.9. The van der Waals surface area contributed by atoms with E-state index in [4.69, 9.17) is 0 Å². The first-order valence-electron chi connectivity index (χ1n) is 16.2. The van der Waals surface area contributed by atoms with Gasteiger partial charge >= 0.3 is 6.03 Å². The predicted molar refractivity (Wildman–Crippen MR) is 187 cm³/mol. The second-order valence-electron chi connectivity index (χ2n) is 13.0. The number of hydrogen-bond donors (Lipinski definition) is 4. The number of carbonyl (C=O) groups excluding carboxylic acids is 3. The van der Waals surface area contributed by atoms with Crippen LogP contribution >= 0.6 is 11.3 Å². The zero-order chi connectivity index (χ0) is 35.9. The summed E-state index contributed by atoms with van der Waals surface area (Å²) < 4.78 is 29.0. The number of phenols is 1. The van der Waals surface area contributed by atoms with E-state index in [0.717, 1.165) is 26.6 Å². The predicted octanol–water partition coefficient (Wildman–Crippen LogP) is 3.42. The van der Waals surface area contributed by atoms with Crippen LogP contribution in [-0.4, -0.2) is 100 Å². The number of phenolic OH excluding ortho intramolecular Hbond substituents is 1. The first-order valence-corrected chi connectivity index (χ1v) is 18.6. The third-order valence-corrected chi connectivity index (χ3v) is 10.9. The number of anilines is 1. The Morgan fingerprint density at radius 1 is 1.10 bits per heavy atom. The number of carbonyl (C=O) groups is 3. The van der Waals surface area contributed by atoms with Crippen molar-refractivity contribution in [2.24, 2.45) is 11.8 Å². The van der Waals surface area contributed by atoms with Crippen molar-refractivity contribution in [3.63, 3.8) is 0 Å². The zero-order valence-electron chi connectivity index (χ0n) is 28.4. The first kappa shape index (κ1) is 37.8. The molecule has 0 bridgehead atoms. The van der Waals surface area contributed by atoms with Gasteiger partial charge in [-0.05, 0) is 48.9 Å². The molecule has 266 valence electrons. The number of aryl methyl sites for hydroxylation is 1. The maximum absolute atomic E-state index is 14.1. The van der Waals surface area contributed by atoms with E-state index in [1.165, 1.54) is 23.5 Å². The lowest BCUT2D eigenvalue weighted by molar-refractivity contribution is -0.128. The Bertz CT molecular complexity index is 1700. The highest BCUT2D eigenvalue weighted by atomic mass is 32.2. The Morgan fingerprint density at radius 3 is 2.43 bits per heavy atom. The van der Waals surface area contributed by atoms with Gasteiger partial charge in [0.1, 0.15) is 11.8 Å². The molecule has 0 spiro atoms. The van der Waals surface area contributed by atoms with Crippen molar-refractivity contribution < 1.29 is 33.0 Å². The molecule has 1 saturated heterocycles. The fourth-order valence-electron chi connectivity index (χ4n) is 5.92. The van der Waals surface area contributed by atoms with Gasteiger partial charge in [-0.2, -0.15) is 4.31 Å². The summed E-state index contributed by atoms with van der Waals surface area (Å²) in [6.45, 7) is 10.1. The van der Waals surface area contributed by atoms with Gasteiger partial charge in [0.05, 0.1) is 40.0 Å². The van der Waals surface area contributed by atoms with Crippen LogP contribution in [0, 0.1) is 18.8 Å². The molecule has 1 aliphatic heterocycles. The molecule has 13 nitrogen and oxygen atoms in total. The summed E-state index contributed by atoms with van der Waals surface area (Å²) in [6, 6.07) is 10.8. The minimum atomic E-state index is -4.23. The third-order valence-electron chi connectivity index (χ3n) is 8.25. The van der Waals surface area contributed by atoms with E-state index in [-0.39, 0.29) is 53.7 Å². The van der Waals surface area contributed by atoms with Gasteiger partial charge in [0.25, 0.3) is 0 Å². The van der Waals surface area contributed by atoms with E-state index in [9.17, 15) is 33.0 Å². The van der Waals surface area contributed by atoms with Crippen LogP contribution in [0.5, 0.6) is 5.75 Å². The van der Waals surface area contributed by atoms with Gasteiger partial charge in [-0.25, -0.2) is 18.2 Å². The zero-order valence-corrected chi connectivity index (χ0v) is 30.1. The SMILES string of the molecule is Cc1nc(CN2CCN([C@H](C(=O)N[C@@H](Cc3ccccc3)[C@H](O)CN(CC(C)C)S(=O)(=O)c3ccc(O)c(NC=O)c3)C(C)C)C2=O)cs1. The second kappa shape index (κ2) is 16.6. The van der Waals surface area contributed by atoms with Crippen LogP contribution in [0.2, 0.25) is 0 Å². The van der Waals surface area contributed by atoms with Gasteiger partial charge in [0.15, 0.2) is 0 Å². The van der Waals surface area contributed by atoms with Crippen LogP contribution in [0.15, 0.2) is 58.8 Å². The number of sulfonamides is 1. The molecule has 4 N–H and O–H groups in total. The number of rotatable bonds is 17. The van der Waals surface area contributed by atoms with Gasteiger partial charge < -0.3 is 30.6 Å². The number of aliphatic hydroxyl groups is 1. The van der Waals surface area contributed by atoms with E-state index in [1.54, 1.807) is 9.80 Å². The molecular formula is C34H46N6O7S2. The van der Waals surface area contributed by atoms with Crippen LogP contribution in [0.4, 0.5) is 10.5 Å². The normalized spacial score (nSPS) is 15.6. The number of urea groups is 1. The molecule has 3 atom stereocenters. The van der Waals surface area contributed by atoms with Crippen molar-refractivity contribution in [3.05, 3.63) is 70.2 Å². The summed E-state index contributed by atoms with van der Waals surface area (Å²) in [5.41, 5.74) is 1.53. The van der Waals surface area contributed by atoms with E-state index in [2.05, 4.69) is 15.6 Å². The topological polar surface area (TPSA) is 172 Å². The van der Waals surface area contributed by atoms with E-state index < -0.39 is 34.1 Å². The molecule has 2 aromatic carbocycles. The fraction of sp³-hybridized carbons (Fsp3) is 0.471. The van der Waals surface area contributed by atoms with Crippen molar-refractivity contribution in [2.75, 3.05) is 31.5 Å². The van der Waals surface area contributed by atoms with E-state index in [0.29, 0.717) is 26.0 Å². The standard InChI is InChI=1S/C34H46N6O7S2/c1-22(2)17-39(49(46,47)27-11-12-30(42)28(16-27)35-21-41)19-31(43)29(15-25-9-7-6-8-10-25)37-33(44)32(23(3)4)40-14-13-38(34(40)45)18-26-20-48-24(5)36-26/h6-12,16,20-23,29,31-32,42-43H,13-15,17-19H2,1-5H3,(H,35,41)(H,37,44)/t29-,31+,32-/m0/s1. The van der Waals surface area contributed by atoms with Crippen molar-refractivity contribution >= 4 is 45.4 Å². The lowest BCUT2D eigenvalue weighted by atomic mass is 9.97. The summed E-state index contributed by atoms with van der Waals surface area (Å²) >= 11 is 1.51. The van der Waals surface area contributed by atoms with Crippen LogP contribution in [0.1, 0.15) is 44.0 Å². The van der Waals surface area contributed by atoms with Gasteiger partial charge in [-0.3, -0.25) is 9.59 Å². The summed E-state index contributed by atoms with van der Waals surface area (Å²) in [4.78, 5) is 46.1. The quantitative estimate of drug-likeness (QED) is 0.122. The smallest absolute Gasteiger partial charge is 0.321 e. The molecule has 49 heavy (non-hydrogen) atoms. The minimum Gasteiger partial charge on any atom is -0.506 e. The highest BCUT2D eigenvalue weighted by Crippen LogP contribution is 2.29. The van der Waals surface area contributed by atoms with Crippen LogP contribution in [-0.2, 0) is 32.6 Å². The Morgan fingerprint density at radius 2 is 1.82 bits per heavy atom. The van der Waals surface area contributed by atoms with Gasteiger partial charge in [-0.15, -0.1) is 11.3 Å². The van der Waals surface area contributed by atoms with Crippen LogP contribution in [0.3, 0.4) is 0 Å².